The van der Waals surface area contributed by atoms with Gasteiger partial charge < -0.3 is 4.57 Å². The number of aryl methyl sites for hydroxylation is 3. The highest BCUT2D eigenvalue weighted by Gasteiger charge is 2.15. The molecule has 0 bridgehead atoms. The molecule has 0 unspecified atom stereocenters. The normalized spacial score (nSPS) is 11.4. The Kier molecular flexibility index (Phi) is 5.05. The lowest BCUT2D eigenvalue weighted by Crippen LogP contribution is -2.39. The van der Waals surface area contributed by atoms with Gasteiger partial charge in [0.2, 0.25) is 5.16 Å². The van der Waals surface area contributed by atoms with Gasteiger partial charge in [-0.1, -0.05) is 30.0 Å². The first-order valence-electron chi connectivity index (χ1n) is 9.07. The number of thioether (sulfide) groups is 1. The van der Waals surface area contributed by atoms with E-state index in [9.17, 15) is 9.59 Å². The fourth-order valence-electron chi connectivity index (χ4n) is 3.20. The summed E-state index contributed by atoms with van der Waals surface area (Å²) >= 11 is 1.49. The van der Waals surface area contributed by atoms with E-state index < -0.39 is 0 Å². The van der Waals surface area contributed by atoms with Crippen LogP contribution in [0.3, 0.4) is 0 Å². The standard InChI is InChI=1S/C18H20N8O2S/c1-12-7-4-5-8-13(12)26-17(20-21-22-26)29-10-6-9-25-16(27)14-15(19-11-23(14)2)24(3)18(25)28/h4-5,7-8,11H,6,9-10H2,1-3H3. The SMILES string of the molecule is Cc1ccccc1-n1nnnc1SCCCn1c(=O)c2c(ncn2C)n(C)c1=O. The van der Waals surface area contributed by atoms with Gasteiger partial charge in [0.15, 0.2) is 11.2 Å². The van der Waals surface area contributed by atoms with E-state index in [-0.39, 0.29) is 11.2 Å². The molecule has 0 saturated heterocycles. The largest absolute Gasteiger partial charge is 0.332 e. The van der Waals surface area contributed by atoms with Crippen molar-refractivity contribution in [1.29, 1.82) is 0 Å². The van der Waals surface area contributed by atoms with Crippen molar-refractivity contribution >= 4 is 22.9 Å². The summed E-state index contributed by atoms with van der Waals surface area (Å²) in [5.41, 5.74) is 2.12. The van der Waals surface area contributed by atoms with Gasteiger partial charge in [-0.05, 0) is 35.4 Å². The molecule has 150 valence electrons. The van der Waals surface area contributed by atoms with E-state index >= 15 is 0 Å². The van der Waals surface area contributed by atoms with E-state index in [4.69, 9.17) is 0 Å². The van der Waals surface area contributed by atoms with Crippen molar-refractivity contribution in [3.8, 4) is 5.69 Å². The maximum absolute atomic E-state index is 12.7. The van der Waals surface area contributed by atoms with Crippen LogP contribution < -0.4 is 11.2 Å². The number of para-hydroxylation sites is 1. The number of fused-ring (bicyclic) bond motifs is 1. The second kappa shape index (κ2) is 7.66. The van der Waals surface area contributed by atoms with Crippen LogP contribution in [-0.4, -0.2) is 44.6 Å². The summed E-state index contributed by atoms with van der Waals surface area (Å²) in [4.78, 5) is 29.4. The third-order valence-electron chi connectivity index (χ3n) is 4.74. The lowest BCUT2D eigenvalue weighted by atomic mass is 10.2. The number of tetrazole rings is 1. The van der Waals surface area contributed by atoms with E-state index in [1.165, 1.54) is 27.2 Å². The molecule has 4 rings (SSSR count). The van der Waals surface area contributed by atoms with Crippen LogP contribution >= 0.6 is 11.8 Å². The van der Waals surface area contributed by atoms with Crippen LogP contribution in [0.15, 0.2) is 45.3 Å². The van der Waals surface area contributed by atoms with E-state index in [0.29, 0.717) is 35.0 Å². The minimum absolute atomic E-state index is 0.311. The van der Waals surface area contributed by atoms with Crippen molar-refractivity contribution in [3.63, 3.8) is 0 Å². The Morgan fingerprint density at radius 1 is 1.14 bits per heavy atom. The predicted octanol–water partition coefficient (Wildman–Crippen LogP) is 0.900. The van der Waals surface area contributed by atoms with Crippen LogP contribution in [0.4, 0.5) is 0 Å². The molecule has 0 aliphatic carbocycles. The molecule has 3 heterocycles. The molecule has 1 aromatic carbocycles. The summed E-state index contributed by atoms with van der Waals surface area (Å²) in [7, 11) is 3.37. The number of aromatic nitrogens is 8. The molecule has 0 amide bonds. The zero-order chi connectivity index (χ0) is 20.5. The number of imidazole rings is 1. The molecular weight excluding hydrogens is 392 g/mol. The highest BCUT2D eigenvalue weighted by Crippen LogP contribution is 2.21. The van der Waals surface area contributed by atoms with Crippen molar-refractivity contribution in [3.05, 3.63) is 57.0 Å². The first-order chi connectivity index (χ1) is 14.0. The number of hydrogen-bond acceptors (Lipinski definition) is 7. The average Bonchev–Trinajstić information content (AvgIpc) is 3.33. The fourth-order valence-corrected chi connectivity index (χ4v) is 4.01. The molecule has 0 aliphatic heterocycles. The topological polar surface area (TPSA) is 105 Å². The van der Waals surface area contributed by atoms with E-state index in [0.717, 1.165) is 11.3 Å². The Morgan fingerprint density at radius 2 is 1.93 bits per heavy atom. The van der Waals surface area contributed by atoms with Gasteiger partial charge in [0.1, 0.15) is 0 Å². The number of rotatable bonds is 6. The van der Waals surface area contributed by atoms with Gasteiger partial charge in [-0.3, -0.25) is 13.9 Å². The number of benzene rings is 1. The summed E-state index contributed by atoms with van der Waals surface area (Å²) in [6, 6.07) is 7.87. The summed E-state index contributed by atoms with van der Waals surface area (Å²) in [5, 5.41) is 12.6. The summed E-state index contributed by atoms with van der Waals surface area (Å²) in [6.07, 6.45) is 2.15. The fraction of sp³-hybridized carbons (Fsp3) is 0.333. The lowest BCUT2D eigenvalue weighted by molar-refractivity contribution is 0.594. The Labute approximate surface area is 169 Å². The second-order valence-electron chi connectivity index (χ2n) is 6.69. The van der Waals surface area contributed by atoms with Crippen LogP contribution in [0.25, 0.3) is 16.9 Å². The van der Waals surface area contributed by atoms with Gasteiger partial charge in [-0.25, -0.2) is 9.78 Å². The van der Waals surface area contributed by atoms with E-state index in [1.54, 1.807) is 23.3 Å². The summed E-state index contributed by atoms with van der Waals surface area (Å²) in [5.74, 6) is 0.658. The molecule has 0 aliphatic rings. The van der Waals surface area contributed by atoms with Gasteiger partial charge in [0.25, 0.3) is 5.56 Å². The molecule has 3 aromatic heterocycles. The molecule has 11 heteroatoms. The summed E-state index contributed by atoms with van der Waals surface area (Å²) < 4.78 is 6.00. The van der Waals surface area contributed by atoms with Gasteiger partial charge in [0, 0.05) is 26.4 Å². The first-order valence-corrected chi connectivity index (χ1v) is 10.1. The number of nitrogens with zero attached hydrogens (tertiary/aromatic N) is 8. The third-order valence-corrected chi connectivity index (χ3v) is 5.75. The van der Waals surface area contributed by atoms with Crippen molar-refractivity contribution in [2.75, 3.05) is 5.75 Å². The molecular formula is C18H20N8O2S. The highest BCUT2D eigenvalue weighted by molar-refractivity contribution is 7.99. The van der Waals surface area contributed by atoms with Gasteiger partial charge in [0.05, 0.1) is 12.0 Å². The minimum atomic E-state index is -0.365. The Hall–Kier alpha value is -3.21. The van der Waals surface area contributed by atoms with Crippen LogP contribution in [0.5, 0.6) is 0 Å². The first kappa shape index (κ1) is 19.1. The molecule has 0 spiro atoms. The predicted molar refractivity (Wildman–Crippen MR) is 109 cm³/mol. The minimum Gasteiger partial charge on any atom is -0.328 e. The molecule has 0 radical (unpaired) electrons. The van der Waals surface area contributed by atoms with E-state index in [1.807, 2.05) is 31.2 Å². The van der Waals surface area contributed by atoms with Crippen LogP contribution in [-0.2, 0) is 20.6 Å². The molecule has 4 aromatic rings. The van der Waals surface area contributed by atoms with E-state index in [2.05, 4.69) is 20.5 Å². The second-order valence-corrected chi connectivity index (χ2v) is 7.75. The molecule has 0 fully saturated rings. The Bertz CT molecular complexity index is 1300. The maximum Gasteiger partial charge on any atom is 0.332 e. The molecule has 0 atom stereocenters. The summed E-state index contributed by atoms with van der Waals surface area (Å²) in [6.45, 7) is 2.31. The van der Waals surface area contributed by atoms with Crippen molar-refractivity contribution < 1.29 is 0 Å². The van der Waals surface area contributed by atoms with Crippen LogP contribution in [0.1, 0.15) is 12.0 Å². The van der Waals surface area contributed by atoms with Crippen molar-refractivity contribution in [1.82, 2.24) is 38.9 Å². The molecule has 29 heavy (non-hydrogen) atoms. The van der Waals surface area contributed by atoms with Crippen LogP contribution in [0, 0.1) is 6.92 Å². The zero-order valence-electron chi connectivity index (χ0n) is 16.3. The maximum atomic E-state index is 12.7. The van der Waals surface area contributed by atoms with Gasteiger partial charge in [-0.15, -0.1) is 5.10 Å². The molecule has 0 N–H and O–H groups in total. The quantitative estimate of drug-likeness (QED) is 0.342. The zero-order valence-corrected chi connectivity index (χ0v) is 17.1. The third kappa shape index (κ3) is 3.37. The lowest BCUT2D eigenvalue weighted by Gasteiger charge is -2.09. The Balaban J connectivity index is 1.50. The van der Waals surface area contributed by atoms with Gasteiger partial charge in [-0.2, -0.15) is 4.68 Å². The Morgan fingerprint density at radius 3 is 2.72 bits per heavy atom. The highest BCUT2D eigenvalue weighted by atomic mass is 32.2. The molecule has 10 nitrogen and oxygen atoms in total. The number of hydrogen-bond donors (Lipinski definition) is 0. The van der Waals surface area contributed by atoms with Crippen molar-refractivity contribution in [2.45, 2.75) is 25.0 Å². The van der Waals surface area contributed by atoms with Crippen molar-refractivity contribution in [2.24, 2.45) is 14.1 Å². The molecule has 0 saturated carbocycles. The van der Waals surface area contributed by atoms with Crippen LogP contribution in [0.2, 0.25) is 0 Å². The average molecular weight is 412 g/mol. The smallest absolute Gasteiger partial charge is 0.328 e. The monoisotopic (exact) mass is 412 g/mol. The van der Waals surface area contributed by atoms with Gasteiger partial charge >= 0.3 is 5.69 Å².